The smallest absolute Gasteiger partial charge is 0.277 e. The average molecular weight is 280 g/mol. The number of nitrogens with zero attached hydrogens (tertiary/aromatic N) is 4. The first-order chi connectivity index (χ1) is 9.14. The largest absolute Gasteiger partial charge is 0.312 e. The molecule has 3 heterocycles. The molecular weight excluding hydrogens is 264 g/mol. The molecule has 2 aromatic rings. The standard InChI is InChI=1S/C12H16N4O2S/c1-2-3-6-15-7-8-16-11-4-5-13-9-10(11)14-12(16)19(15,17)18/h4-5,9H,2-3,6-8H2,1H3. The van der Waals surface area contributed by atoms with E-state index < -0.39 is 10.0 Å². The number of pyridine rings is 1. The fourth-order valence-electron chi connectivity index (χ4n) is 2.39. The van der Waals surface area contributed by atoms with Crippen molar-refractivity contribution in [2.24, 2.45) is 0 Å². The molecule has 0 unspecified atom stereocenters. The molecule has 19 heavy (non-hydrogen) atoms. The molecule has 0 amide bonds. The quantitative estimate of drug-likeness (QED) is 0.848. The van der Waals surface area contributed by atoms with Gasteiger partial charge in [-0.2, -0.15) is 4.31 Å². The van der Waals surface area contributed by atoms with E-state index >= 15 is 0 Å². The van der Waals surface area contributed by atoms with Gasteiger partial charge >= 0.3 is 0 Å². The van der Waals surface area contributed by atoms with Crippen LogP contribution < -0.4 is 0 Å². The monoisotopic (exact) mass is 280 g/mol. The Labute approximate surface area is 112 Å². The predicted molar refractivity (Wildman–Crippen MR) is 71.2 cm³/mol. The van der Waals surface area contributed by atoms with Crippen molar-refractivity contribution in [2.45, 2.75) is 31.5 Å². The Kier molecular flexibility index (Phi) is 3.02. The van der Waals surface area contributed by atoms with Crippen LogP contribution in [-0.2, 0) is 16.6 Å². The summed E-state index contributed by atoms with van der Waals surface area (Å²) in [7, 11) is -3.46. The zero-order valence-corrected chi connectivity index (χ0v) is 11.6. The molecule has 6 nitrogen and oxygen atoms in total. The van der Waals surface area contributed by atoms with E-state index in [2.05, 4.69) is 16.9 Å². The van der Waals surface area contributed by atoms with Crippen LogP contribution in [-0.4, -0.2) is 40.3 Å². The average Bonchev–Trinajstić information content (AvgIpc) is 2.78. The molecule has 0 aromatic carbocycles. The van der Waals surface area contributed by atoms with Gasteiger partial charge in [0.15, 0.2) is 0 Å². The van der Waals surface area contributed by atoms with Gasteiger partial charge in [0, 0.05) is 25.8 Å². The van der Waals surface area contributed by atoms with Crippen LogP contribution in [0.3, 0.4) is 0 Å². The summed E-state index contributed by atoms with van der Waals surface area (Å²) in [5.41, 5.74) is 1.47. The van der Waals surface area contributed by atoms with Crippen LogP contribution in [0.15, 0.2) is 23.6 Å². The second kappa shape index (κ2) is 4.57. The molecule has 0 radical (unpaired) electrons. The maximum absolute atomic E-state index is 12.5. The lowest BCUT2D eigenvalue weighted by atomic mass is 10.3. The van der Waals surface area contributed by atoms with Crippen LogP contribution in [0.4, 0.5) is 0 Å². The van der Waals surface area contributed by atoms with Gasteiger partial charge in [-0.25, -0.2) is 13.4 Å². The second-order valence-corrected chi connectivity index (χ2v) is 6.50. The first kappa shape index (κ1) is 12.6. The third kappa shape index (κ3) is 1.93. The zero-order chi connectivity index (χ0) is 13.5. The molecule has 0 fully saturated rings. The molecule has 0 saturated heterocycles. The molecule has 0 atom stereocenters. The number of hydrogen-bond donors (Lipinski definition) is 0. The van der Waals surface area contributed by atoms with Crippen molar-refractivity contribution < 1.29 is 8.42 Å². The summed E-state index contributed by atoms with van der Waals surface area (Å²) in [6.45, 7) is 3.79. The molecule has 0 bridgehead atoms. The molecule has 3 rings (SSSR count). The fraction of sp³-hybridized carbons (Fsp3) is 0.500. The molecule has 1 aliphatic rings. The highest BCUT2D eigenvalue weighted by molar-refractivity contribution is 7.89. The third-order valence-electron chi connectivity index (χ3n) is 3.42. The highest BCUT2D eigenvalue weighted by Crippen LogP contribution is 2.25. The van der Waals surface area contributed by atoms with Gasteiger partial charge in [-0.05, 0) is 12.5 Å². The van der Waals surface area contributed by atoms with E-state index in [1.807, 2.05) is 6.07 Å². The zero-order valence-electron chi connectivity index (χ0n) is 10.8. The van der Waals surface area contributed by atoms with Crippen LogP contribution in [0.1, 0.15) is 19.8 Å². The summed E-state index contributed by atoms with van der Waals surface area (Å²) in [4.78, 5) is 8.22. The molecule has 0 saturated carbocycles. The number of aromatic nitrogens is 3. The summed E-state index contributed by atoms with van der Waals surface area (Å²) in [6, 6.07) is 1.81. The van der Waals surface area contributed by atoms with Crippen molar-refractivity contribution >= 4 is 21.1 Å². The van der Waals surface area contributed by atoms with Gasteiger partial charge in [0.2, 0.25) is 5.16 Å². The SMILES string of the molecule is CCCCN1CCn2c(nc3cnccc32)S1(=O)=O. The number of sulfonamides is 1. The Morgan fingerprint density at radius 3 is 3.00 bits per heavy atom. The minimum Gasteiger partial charge on any atom is -0.312 e. The van der Waals surface area contributed by atoms with Gasteiger partial charge in [-0.3, -0.25) is 4.98 Å². The Bertz CT molecular complexity index is 708. The predicted octanol–water partition coefficient (Wildman–Crippen LogP) is 1.24. The Balaban J connectivity index is 2.09. The highest BCUT2D eigenvalue weighted by Gasteiger charge is 2.34. The summed E-state index contributed by atoms with van der Waals surface area (Å²) < 4.78 is 28.3. The van der Waals surface area contributed by atoms with Gasteiger partial charge in [0.25, 0.3) is 10.0 Å². The summed E-state index contributed by atoms with van der Waals surface area (Å²) in [6.07, 6.45) is 5.12. The number of hydrogen-bond acceptors (Lipinski definition) is 4. The van der Waals surface area contributed by atoms with Gasteiger partial charge in [0.05, 0.1) is 11.7 Å². The fourth-order valence-corrected chi connectivity index (χ4v) is 3.99. The van der Waals surface area contributed by atoms with E-state index in [-0.39, 0.29) is 5.16 Å². The van der Waals surface area contributed by atoms with Crippen LogP contribution in [0.2, 0.25) is 0 Å². The van der Waals surface area contributed by atoms with E-state index in [1.165, 1.54) is 4.31 Å². The molecule has 7 heteroatoms. The molecule has 102 valence electrons. The van der Waals surface area contributed by atoms with E-state index in [0.29, 0.717) is 25.2 Å². The Morgan fingerprint density at radius 1 is 1.37 bits per heavy atom. The maximum atomic E-state index is 12.5. The summed E-state index contributed by atoms with van der Waals surface area (Å²) in [5, 5.41) is 0.151. The lowest BCUT2D eigenvalue weighted by Gasteiger charge is -2.26. The third-order valence-corrected chi connectivity index (χ3v) is 5.24. The van der Waals surface area contributed by atoms with Crippen molar-refractivity contribution in [1.29, 1.82) is 0 Å². The second-order valence-electron chi connectivity index (χ2n) is 4.67. The van der Waals surface area contributed by atoms with Gasteiger partial charge in [-0.1, -0.05) is 13.3 Å². The summed E-state index contributed by atoms with van der Waals surface area (Å²) in [5.74, 6) is 0. The van der Waals surface area contributed by atoms with Crippen LogP contribution in [0.25, 0.3) is 11.0 Å². The van der Waals surface area contributed by atoms with Gasteiger partial charge < -0.3 is 4.57 Å². The highest BCUT2D eigenvalue weighted by atomic mass is 32.2. The van der Waals surface area contributed by atoms with Crippen LogP contribution in [0, 0.1) is 0 Å². The Morgan fingerprint density at radius 2 is 2.21 bits per heavy atom. The molecular formula is C12H16N4O2S. The summed E-state index contributed by atoms with van der Waals surface area (Å²) >= 11 is 0. The Hall–Kier alpha value is -1.47. The van der Waals surface area contributed by atoms with Crippen molar-refractivity contribution in [3.8, 4) is 0 Å². The molecule has 1 aliphatic heterocycles. The minimum absolute atomic E-state index is 0.151. The van der Waals surface area contributed by atoms with Crippen molar-refractivity contribution in [2.75, 3.05) is 13.1 Å². The topological polar surface area (TPSA) is 68.1 Å². The number of fused-ring (bicyclic) bond motifs is 3. The molecule has 0 spiro atoms. The lowest BCUT2D eigenvalue weighted by Crippen LogP contribution is -2.40. The molecule has 0 N–H and O–H groups in total. The minimum atomic E-state index is -3.46. The first-order valence-electron chi connectivity index (χ1n) is 6.45. The van der Waals surface area contributed by atoms with E-state index in [4.69, 9.17) is 0 Å². The number of imidazole rings is 1. The van der Waals surface area contributed by atoms with Crippen LogP contribution >= 0.6 is 0 Å². The number of rotatable bonds is 3. The molecule has 0 aliphatic carbocycles. The van der Waals surface area contributed by atoms with Crippen LogP contribution in [0.5, 0.6) is 0 Å². The van der Waals surface area contributed by atoms with Crippen molar-refractivity contribution in [1.82, 2.24) is 18.8 Å². The first-order valence-corrected chi connectivity index (χ1v) is 7.89. The number of unbranched alkanes of at least 4 members (excludes halogenated alkanes) is 1. The van der Waals surface area contributed by atoms with Gasteiger partial charge in [-0.15, -0.1) is 0 Å². The maximum Gasteiger partial charge on any atom is 0.277 e. The van der Waals surface area contributed by atoms with Crippen molar-refractivity contribution in [3.63, 3.8) is 0 Å². The van der Waals surface area contributed by atoms with E-state index in [9.17, 15) is 8.42 Å². The van der Waals surface area contributed by atoms with Gasteiger partial charge in [0.1, 0.15) is 5.52 Å². The lowest BCUT2D eigenvalue weighted by molar-refractivity contribution is 0.351. The molecule has 2 aromatic heterocycles. The van der Waals surface area contributed by atoms with E-state index in [1.54, 1.807) is 17.0 Å². The normalized spacial score (nSPS) is 18.6. The van der Waals surface area contributed by atoms with Crippen molar-refractivity contribution in [3.05, 3.63) is 18.5 Å². The van der Waals surface area contributed by atoms with E-state index in [0.717, 1.165) is 18.4 Å².